The zero-order chi connectivity index (χ0) is 17.9. The van der Waals surface area contributed by atoms with E-state index >= 15 is 0 Å². The van der Waals surface area contributed by atoms with Crippen molar-refractivity contribution in [3.63, 3.8) is 0 Å². The normalized spacial score (nSPS) is 9.42. The van der Waals surface area contributed by atoms with E-state index in [1.807, 2.05) is 12.1 Å². The molecule has 4 heteroatoms. The average Bonchev–Trinajstić information content (AvgIpc) is 2.56. The van der Waals surface area contributed by atoms with Crippen LogP contribution in [0.5, 0.6) is 0 Å². The molecule has 4 nitrogen and oxygen atoms in total. The summed E-state index contributed by atoms with van der Waals surface area (Å²) in [6, 6.07) is 17.7. The molecule has 0 aliphatic heterocycles. The van der Waals surface area contributed by atoms with E-state index in [1.165, 1.54) is 13.8 Å². The molecule has 0 fully saturated rings. The van der Waals surface area contributed by atoms with Crippen molar-refractivity contribution in [1.82, 2.24) is 0 Å². The lowest BCUT2D eigenvalue weighted by Gasteiger charge is -1.95. The topological polar surface area (TPSA) is 68.3 Å². The maximum Gasteiger partial charge on any atom is 0.170 e. The number of hydrogen-bond donors (Lipinski definition) is 0. The van der Waals surface area contributed by atoms with E-state index in [4.69, 9.17) is 0 Å². The molecule has 0 aliphatic rings. The van der Waals surface area contributed by atoms with Crippen LogP contribution >= 0.6 is 0 Å². The number of rotatable bonds is 6. The molecule has 124 valence electrons. The third-order valence-electron chi connectivity index (χ3n) is 3.01. The van der Waals surface area contributed by atoms with Crippen LogP contribution < -0.4 is 0 Å². The summed E-state index contributed by atoms with van der Waals surface area (Å²) in [4.78, 5) is 43.7. The Labute approximate surface area is 141 Å². The molecule has 2 aromatic carbocycles. The Hall–Kier alpha value is -2.88. The van der Waals surface area contributed by atoms with Gasteiger partial charge in [0, 0.05) is 11.1 Å². The van der Waals surface area contributed by atoms with Gasteiger partial charge >= 0.3 is 0 Å². The summed E-state index contributed by atoms with van der Waals surface area (Å²) in [6.07, 6.45) is 0.00796. The van der Waals surface area contributed by atoms with Crippen LogP contribution in [0, 0.1) is 0 Å². The number of carbonyl (C=O) groups is 4. The van der Waals surface area contributed by atoms with Crippen LogP contribution in [0.15, 0.2) is 60.7 Å². The fourth-order valence-electron chi connectivity index (χ4n) is 1.90. The van der Waals surface area contributed by atoms with E-state index in [1.54, 1.807) is 48.5 Å². The van der Waals surface area contributed by atoms with Crippen LogP contribution in [-0.2, 0) is 9.59 Å². The van der Waals surface area contributed by atoms with E-state index < -0.39 is 0 Å². The summed E-state index contributed by atoms with van der Waals surface area (Å²) < 4.78 is 0. The molecule has 2 rings (SSSR count). The van der Waals surface area contributed by atoms with Crippen molar-refractivity contribution in [2.45, 2.75) is 26.7 Å². The summed E-state index contributed by atoms with van der Waals surface area (Å²) in [6.45, 7) is 2.84. The average molecular weight is 324 g/mol. The molecular weight excluding hydrogens is 304 g/mol. The van der Waals surface area contributed by atoms with Crippen molar-refractivity contribution in [2.24, 2.45) is 0 Å². The molecule has 0 unspecified atom stereocenters. The monoisotopic (exact) mass is 324 g/mol. The second-order valence-corrected chi connectivity index (χ2v) is 5.34. The lowest BCUT2D eigenvalue weighted by atomic mass is 10.1. The van der Waals surface area contributed by atoms with Gasteiger partial charge < -0.3 is 0 Å². The number of benzene rings is 2. The van der Waals surface area contributed by atoms with Gasteiger partial charge in [-0.2, -0.15) is 0 Å². The largest absolute Gasteiger partial charge is 0.300 e. The lowest BCUT2D eigenvalue weighted by molar-refractivity contribution is -0.117. The molecule has 0 N–H and O–H groups in total. The highest BCUT2D eigenvalue weighted by Crippen LogP contribution is 2.03. The highest BCUT2D eigenvalue weighted by Gasteiger charge is 2.07. The molecule has 0 heterocycles. The second kappa shape index (κ2) is 10.0. The molecule has 0 saturated carbocycles. The van der Waals surface area contributed by atoms with Crippen molar-refractivity contribution in [1.29, 1.82) is 0 Å². The van der Waals surface area contributed by atoms with E-state index in [9.17, 15) is 19.2 Å². The number of carbonyl (C=O) groups excluding carboxylic acids is 4. The van der Waals surface area contributed by atoms with Gasteiger partial charge in [0.1, 0.15) is 11.6 Å². The predicted molar refractivity (Wildman–Crippen MR) is 92.1 cm³/mol. The Bertz CT molecular complexity index is 639. The van der Waals surface area contributed by atoms with E-state index in [0.717, 1.165) is 0 Å². The van der Waals surface area contributed by atoms with E-state index in [2.05, 4.69) is 0 Å². The smallest absolute Gasteiger partial charge is 0.170 e. The summed E-state index contributed by atoms with van der Waals surface area (Å²) in [5.74, 6) is -0.404. The number of ketones is 4. The highest BCUT2D eigenvalue weighted by atomic mass is 16.2. The van der Waals surface area contributed by atoms with Gasteiger partial charge in [0.15, 0.2) is 11.6 Å². The van der Waals surface area contributed by atoms with Gasteiger partial charge in [0.05, 0.1) is 12.8 Å². The van der Waals surface area contributed by atoms with Crippen molar-refractivity contribution in [3.8, 4) is 0 Å². The third-order valence-corrected chi connectivity index (χ3v) is 3.01. The fourth-order valence-corrected chi connectivity index (χ4v) is 1.90. The van der Waals surface area contributed by atoms with Crippen LogP contribution in [0.3, 0.4) is 0 Å². The van der Waals surface area contributed by atoms with Crippen molar-refractivity contribution < 1.29 is 19.2 Å². The van der Waals surface area contributed by atoms with Crippen LogP contribution in [-0.4, -0.2) is 23.1 Å². The maximum absolute atomic E-state index is 11.2. The van der Waals surface area contributed by atoms with E-state index in [0.29, 0.717) is 11.1 Å². The Balaban J connectivity index is 0.000000240. The Morgan fingerprint density at radius 1 is 0.583 bits per heavy atom. The molecule has 0 atom stereocenters. The van der Waals surface area contributed by atoms with Gasteiger partial charge in [0.25, 0.3) is 0 Å². The first-order valence-corrected chi connectivity index (χ1v) is 7.55. The number of hydrogen-bond acceptors (Lipinski definition) is 4. The first-order valence-electron chi connectivity index (χ1n) is 7.55. The van der Waals surface area contributed by atoms with Gasteiger partial charge in [-0.1, -0.05) is 60.7 Å². The minimum atomic E-state index is -0.108. The minimum Gasteiger partial charge on any atom is -0.300 e. The minimum absolute atomic E-state index is 0.00398. The predicted octanol–water partition coefficient (Wildman–Crippen LogP) is 3.70. The summed E-state index contributed by atoms with van der Waals surface area (Å²) in [5.41, 5.74) is 1.21. The van der Waals surface area contributed by atoms with Gasteiger partial charge in [-0.05, 0) is 13.8 Å². The van der Waals surface area contributed by atoms with Crippen molar-refractivity contribution in [3.05, 3.63) is 71.8 Å². The van der Waals surface area contributed by atoms with E-state index in [-0.39, 0.29) is 36.0 Å². The van der Waals surface area contributed by atoms with Crippen LogP contribution in [0.1, 0.15) is 47.4 Å². The Morgan fingerprint density at radius 2 is 0.875 bits per heavy atom. The van der Waals surface area contributed by atoms with Crippen molar-refractivity contribution in [2.75, 3.05) is 0 Å². The molecule has 24 heavy (non-hydrogen) atoms. The number of Topliss-reactive ketones (excluding diaryl/α,β-unsaturated/α-hetero) is 4. The van der Waals surface area contributed by atoms with Crippen LogP contribution in [0.25, 0.3) is 0 Å². The SMILES string of the molecule is CC(=O)CC(=O)c1ccccc1.CC(=O)CC(=O)c1ccccc1. The maximum atomic E-state index is 11.2. The molecule has 0 aliphatic carbocycles. The summed E-state index contributed by atoms with van der Waals surface area (Å²) in [5, 5.41) is 0. The zero-order valence-corrected chi connectivity index (χ0v) is 13.8. The molecule has 2 aromatic rings. The molecule has 0 spiro atoms. The van der Waals surface area contributed by atoms with Crippen LogP contribution in [0.2, 0.25) is 0 Å². The molecular formula is C20H20O4. The second-order valence-electron chi connectivity index (χ2n) is 5.34. The Morgan fingerprint density at radius 3 is 1.12 bits per heavy atom. The molecule has 0 bridgehead atoms. The molecule has 0 radical (unpaired) electrons. The van der Waals surface area contributed by atoms with Gasteiger partial charge in [0.2, 0.25) is 0 Å². The van der Waals surface area contributed by atoms with Gasteiger partial charge in [-0.15, -0.1) is 0 Å². The molecule has 0 saturated heterocycles. The summed E-state index contributed by atoms with van der Waals surface area (Å²) in [7, 11) is 0. The van der Waals surface area contributed by atoms with Gasteiger partial charge in [-0.3, -0.25) is 19.2 Å². The quantitative estimate of drug-likeness (QED) is 0.600. The van der Waals surface area contributed by atoms with Crippen molar-refractivity contribution >= 4 is 23.1 Å². The molecule has 0 aromatic heterocycles. The van der Waals surface area contributed by atoms with Crippen LogP contribution in [0.4, 0.5) is 0 Å². The highest BCUT2D eigenvalue weighted by molar-refractivity contribution is 6.07. The lowest BCUT2D eigenvalue weighted by Crippen LogP contribution is -2.04. The molecule has 0 amide bonds. The third kappa shape index (κ3) is 7.40. The fraction of sp³-hybridized carbons (Fsp3) is 0.200. The first kappa shape index (κ1) is 19.2. The standard InChI is InChI=1S/2C10H10O2/c2*1-8(11)7-10(12)9-5-3-2-4-6-9/h2*2-6H,7H2,1H3. The first-order chi connectivity index (χ1) is 11.4. The zero-order valence-electron chi connectivity index (χ0n) is 13.8. The Kier molecular flexibility index (Phi) is 7.99. The summed E-state index contributed by atoms with van der Waals surface area (Å²) >= 11 is 0. The van der Waals surface area contributed by atoms with Gasteiger partial charge in [-0.25, -0.2) is 0 Å².